The number of hydrogen-bond donors (Lipinski definition) is 0. The van der Waals surface area contributed by atoms with Gasteiger partial charge in [0.1, 0.15) is 11.4 Å². The fourth-order valence-corrected chi connectivity index (χ4v) is 3.84. The van der Waals surface area contributed by atoms with E-state index >= 15 is 0 Å². The third-order valence-electron chi connectivity index (χ3n) is 5.20. The van der Waals surface area contributed by atoms with Gasteiger partial charge in [-0.1, -0.05) is 36.4 Å². The van der Waals surface area contributed by atoms with Crippen LogP contribution in [0.4, 0.5) is 17.2 Å². The molecule has 32 heavy (non-hydrogen) atoms. The number of thiocarbonyl (C=S) groups is 1. The maximum atomic E-state index is 13.5. The lowest BCUT2D eigenvalue weighted by Crippen LogP contribution is -2.57. The van der Waals surface area contributed by atoms with Crippen molar-refractivity contribution < 1.29 is 9.59 Å². The quantitative estimate of drug-likeness (QED) is 0.344. The van der Waals surface area contributed by atoms with E-state index in [0.717, 1.165) is 16.8 Å². The van der Waals surface area contributed by atoms with Crippen LogP contribution in [0.25, 0.3) is 6.08 Å². The van der Waals surface area contributed by atoms with Gasteiger partial charge < -0.3 is 4.90 Å². The lowest BCUT2D eigenvalue weighted by molar-refractivity contribution is -0.120. The van der Waals surface area contributed by atoms with Crippen molar-refractivity contribution in [1.29, 1.82) is 0 Å². The number of pyridine rings is 1. The zero-order valence-electron chi connectivity index (χ0n) is 18.0. The summed E-state index contributed by atoms with van der Waals surface area (Å²) in [4.78, 5) is 36.0. The number of carbonyl (C=O) groups excluding carboxylic acids is 2. The number of carbonyl (C=O) groups is 2. The third kappa shape index (κ3) is 3.90. The van der Waals surface area contributed by atoms with E-state index in [-0.39, 0.29) is 10.7 Å². The first-order chi connectivity index (χ1) is 15.4. The molecule has 2 heterocycles. The molecule has 2 aromatic carbocycles. The van der Waals surface area contributed by atoms with E-state index in [1.807, 2.05) is 74.4 Å². The first kappa shape index (κ1) is 21.4. The SMILES string of the molecule is Cc1ccccc1N1C(=O)C(=Cc2ccc(N(C)C)cc2)C(=O)N(c2ccccn2)C1=S. The van der Waals surface area contributed by atoms with Gasteiger partial charge in [-0.3, -0.25) is 14.5 Å². The molecule has 0 radical (unpaired) electrons. The zero-order chi connectivity index (χ0) is 22.8. The van der Waals surface area contributed by atoms with Gasteiger partial charge in [0.2, 0.25) is 0 Å². The van der Waals surface area contributed by atoms with Crippen molar-refractivity contribution in [2.75, 3.05) is 28.8 Å². The van der Waals surface area contributed by atoms with Crippen molar-refractivity contribution in [3.63, 3.8) is 0 Å². The highest BCUT2D eigenvalue weighted by molar-refractivity contribution is 7.81. The molecule has 0 unspecified atom stereocenters. The molecule has 1 fully saturated rings. The Labute approximate surface area is 192 Å². The number of amides is 2. The van der Waals surface area contributed by atoms with Crippen LogP contribution >= 0.6 is 12.2 Å². The molecule has 7 heteroatoms. The number of nitrogens with zero attached hydrogens (tertiary/aromatic N) is 4. The van der Waals surface area contributed by atoms with Gasteiger partial charge in [0.25, 0.3) is 11.8 Å². The van der Waals surface area contributed by atoms with Gasteiger partial charge in [0.15, 0.2) is 5.11 Å². The fourth-order valence-electron chi connectivity index (χ4n) is 3.48. The van der Waals surface area contributed by atoms with Crippen molar-refractivity contribution in [1.82, 2.24) is 4.98 Å². The van der Waals surface area contributed by atoms with Crippen LogP contribution in [0.3, 0.4) is 0 Å². The van der Waals surface area contributed by atoms with Crippen LogP contribution in [0.2, 0.25) is 0 Å². The van der Waals surface area contributed by atoms with Crippen molar-refractivity contribution >= 4 is 52.4 Å². The summed E-state index contributed by atoms with van der Waals surface area (Å²) < 4.78 is 0. The van der Waals surface area contributed by atoms with E-state index in [1.165, 1.54) is 9.80 Å². The molecule has 0 saturated carbocycles. The van der Waals surface area contributed by atoms with Crippen LogP contribution in [0.5, 0.6) is 0 Å². The van der Waals surface area contributed by atoms with Crippen LogP contribution in [0.1, 0.15) is 11.1 Å². The second-order valence-electron chi connectivity index (χ2n) is 7.58. The average Bonchev–Trinajstić information content (AvgIpc) is 2.79. The molecule has 3 aromatic rings. The predicted molar refractivity (Wildman–Crippen MR) is 132 cm³/mol. The van der Waals surface area contributed by atoms with E-state index in [1.54, 1.807) is 30.5 Å². The Balaban J connectivity index is 1.85. The zero-order valence-corrected chi connectivity index (χ0v) is 18.8. The van der Waals surface area contributed by atoms with Crippen LogP contribution in [0.15, 0.2) is 78.5 Å². The summed E-state index contributed by atoms with van der Waals surface area (Å²) in [5.74, 6) is -0.596. The average molecular weight is 443 g/mol. The largest absolute Gasteiger partial charge is 0.378 e. The summed E-state index contributed by atoms with van der Waals surface area (Å²) >= 11 is 5.63. The minimum Gasteiger partial charge on any atom is -0.378 e. The third-order valence-corrected chi connectivity index (χ3v) is 5.57. The fraction of sp³-hybridized carbons (Fsp3) is 0.120. The monoisotopic (exact) mass is 442 g/mol. The minimum absolute atomic E-state index is 0.0186. The molecule has 1 saturated heterocycles. The molecule has 1 aliphatic rings. The molecule has 0 atom stereocenters. The number of hydrogen-bond acceptors (Lipinski definition) is 5. The van der Waals surface area contributed by atoms with Crippen LogP contribution < -0.4 is 14.7 Å². The molecular weight excluding hydrogens is 420 g/mol. The van der Waals surface area contributed by atoms with E-state index in [9.17, 15) is 9.59 Å². The van der Waals surface area contributed by atoms with Gasteiger partial charge in [-0.25, -0.2) is 9.88 Å². The van der Waals surface area contributed by atoms with Crippen molar-refractivity contribution in [2.24, 2.45) is 0 Å². The predicted octanol–water partition coefficient (Wildman–Crippen LogP) is 4.20. The maximum absolute atomic E-state index is 13.5. The number of anilines is 3. The van der Waals surface area contributed by atoms with Crippen molar-refractivity contribution in [3.05, 3.63) is 89.6 Å². The first-order valence-corrected chi connectivity index (χ1v) is 10.5. The van der Waals surface area contributed by atoms with E-state index in [2.05, 4.69) is 4.98 Å². The molecule has 6 nitrogen and oxygen atoms in total. The Kier molecular flexibility index (Phi) is 5.83. The smallest absolute Gasteiger partial charge is 0.271 e. The molecule has 160 valence electrons. The van der Waals surface area contributed by atoms with Gasteiger partial charge in [0, 0.05) is 26.0 Å². The molecule has 0 bridgehead atoms. The second kappa shape index (κ2) is 8.72. The molecule has 0 N–H and O–H groups in total. The molecule has 0 aliphatic carbocycles. The minimum atomic E-state index is -0.500. The number of para-hydroxylation sites is 1. The Morgan fingerprint density at radius 2 is 1.53 bits per heavy atom. The summed E-state index contributed by atoms with van der Waals surface area (Å²) in [6.07, 6.45) is 3.19. The van der Waals surface area contributed by atoms with E-state index < -0.39 is 11.8 Å². The van der Waals surface area contributed by atoms with Gasteiger partial charge in [-0.15, -0.1) is 0 Å². The number of benzene rings is 2. The maximum Gasteiger partial charge on any atom is 0.271 e. The van der Waals surface area contributed by atoms with Crippen molar-refractivity contribution in [3.8, 4) is 0 Å². The highest BCUT2D eigenvalue weighted by atomic mass is 32.1. The van der Waals surface area contributed by atoms with Gasteiger partial charge in [0.05, 0.1) is 5.69 Å². The molecule has 0 spiro atoms. The summed E-state index contributed by atoms with van der Waals surface area (Å²) in [6.45, 7) is 1.90. The normalized spacial score (nSPS) is 15.5. The van der Waals surface area contributed by atoms with E-state index in [4.69, 9.17) is 12.2 Å². The highest BCUT2D eigenvalue weighted by Crippen LogP contribution is 2.30. The lowest BCUT2D eigenvalue weighted by Gasteiger charge is -2.36. The standard InChI is InChI=1S/C25H22N4O2S/c1-17-8-4-5-9-21(17)28-23(30)20(16-18-11-13-19(14-12-18)27(2)3)24(31)29(25(28)32)22-10-6-7-15-26-22/h4-16H,1-3H3. The second-order valence-corrected chi connectivity index (χ2v) is 7.95. The Morgan fingerprint density at radius 3 is 2.16 bits per heavy atom. The van der Waals surface area contributed by atoms with Crippen LogP contribution in [-0.4, -0.2) is 36.0 Å². The Morgan fingerprint density at radius 1 is 0.875 bits per heavy atom. The number of aromatic nitrogens is 1. The Bertz CT molecular complexity index is 1220. The summed E-state index contributed by atoms with van der Waals surface area (Å²) in [5, 5.41) is 0.0769. The summed E-state index contributed by atoms with van der Waals surface area (Å²) in [6, 6.07) is 20.3. The lowest BCUT2D eigenvalue weighted by atomic mass is 10.0. The molecule has 2 amide bonds. The molecule has 1 aromatic heterocycles. The first-order valence-electron chi connectivity index (χ1n) is 10.1. The van der Waals surface area contributed by atoms with Crippen molar-refractivity contribution in [2.45, 2.75) is 6.92 Å². The van der Waals surface area contributed by atoms with E-state index in [0.29, 0.717) is 11.5 Å². The topological polar surface area (TPSA) is 56.8 Å². The molecule has 4 rings (SSSR count). The number of aryl methyl sites for hydroxylation is 1. The van der Waals surface area contributed by atoms with Gasteiger partial charge in [-0.05, 0) is 66.7 Å². The highest BCUT2D eigenvalue weighted by Gasteiger charge is 2.42. The molecule has 1 aliphatic heterocycles. The van der Waals surface area contributed by atoms with Gasteiger partial charge >= 0.3 is 0 Å². The number of rotatable bonds is 4. The summed E-state index contributed by atoms with van der Waals surface area (Å²) in [7, 11) is 3.90. The summed E-state index contributed by atoms with van der Waals surface area (Å²) in [5.41, 5.74) is 3.28. The Hall–Kier alpha value is -3.84. The van der Waals surface area contributed by atoms with Crippen LogP contribution in [-0.2, 0) is 9.59 Å². The van der Waals surface area contributed by atoms with Crippen LogP contribution in [0, 0.1) is 6.92 Å². The van der Waals surface area contributed by atoms with Gasteiger partial charge in [-0.2, -0.15) is 0 Å². The molecular formula is C25H22N4O2S.